The lowest BCUT2D eigenvalue weighted by molar-refractivity contribution is -0.0373. The van der Waals surface area contributed by atoms with E-state index in [1.807, 2.05) is 38.1 Å². The van der Waals surface area contributed by atoms with E-state index in [4.69, 9.17) is 14.5 Å². The van der Waals surface area contributed by atoms with Crippen molar-refractivity contribution in [3.8, 4) is 23.0 Å². The Labute approximate surface area is 206 Å². The molecule has 0 spiro atoms. The van der Waals surface area contributed by atoms with Gasteiger partial charge in [0, 0.05) is 19.8 Å². The van der Waals surface area contributed by atoms with Crippen LogP contribution in [0.5, 0.6) is 5.75 Å². The van der Waals surface area contributed by atoms with Crippen molar-refractivity contribution in [3.63, 3.8) is 0 Å². The SMILES string of the molecule is COc1cc2c(cc1CC(C)C)-n1c(-c3ccn(C)n3)nc(C(=O)N3CCOCC3(C)C)c1CC2. The zero-order valence-electron chi connectivity index (χ0n) is 21.6. The number of rotatable bonds is 5. The standard InChI is InChI=1S/C27H35N5O3/c1-17(2)13-19-14-22-18(15-23(19)34-6)7-8-21-24(26(33)31-11-12-35-16-27(31,3)4)28-25(32(21)22)20-9-10-30(5)29-20/h9-10,14-15,17H,7-8,11-13,16H2,1-6H3. The predicted molar refractivity (Wildman–Crippen MR) is 134 cm³/mol. The summed E-state index contributed by atoms with van der Waals surface area (Å²) in [5.74, 6) is 2.08. The number of ether oxygens (including phenoxy) is 2. The molecule has 0 radical (unpaired) electrons. The van der Waals surface area contributed by atoms with E-state index in [9.17, 15) is 4.79 Å². The smallest absolute Gasteiger partial charge is 0.274 e. The maximum absolute atomic E-state index is 13.9. The molecule has 3 aromatic rings. The first kappa shape index (κ1) is 23.6. The molecule has 0 atom stereocenters. The molecule has 0 N–H and O–H groups in total. The molecule has 2 aliphatic heterocycles. The fourth-order valence-corrected chi connectivity index (χ4v) is 5.29. The maximum Gasteiger partial charge on any atom is 0.274 e. The molecule has 4 heterocycles. The molecule has 0 bridgehead atoms. The van der Waals surface area contributed by atoms with Crippen LogP contribution < -0.4 is 4.74 Å². The number of aryl methyl sites for hydroxylation is 2. The van der Waals surface area contributed by atoms with Crippen LogP contribution in [0.2, 0.25) is 0 Å². The topological polar surface area (TPSA) is 74.4 Å². The van der Waals surface area contributed by atoms with Crippen molar-refractivity contribution in [2.24, 2.45) is 13.0 Å². The zero-order valence-corrected chi connectivity index (χ0v) is 21.6. The molecule has 5 rings (SSSR count). The highest BCUT2D eigenvalue weighted by Crippen LogP contribution is 2.37. The highest BCUT2D eigenvalue weighted by molar-refractivity contribution is 5.95. The largest absolute Gasteiger partial charge is 0.496 e. The highest BCUT2D eigenvalue weighted by atomic mass is 16.5. The summed E-state index contributed by atoms with van der Waals surface area (Å²) < 4.78 is 15.3. The van der Waals surface area contributed by atoms with E-state index in [1.54, 1.807) is 11.8 Å². The van der Waals surface area contributed by atoms with Crippen molar-refractivity contribution < 1.29 is 14.3 Å². The van der Waals surface area contributed by atoms with Crippen molar-refractivity contribution in [1.82, 2.24) is 24.2 Å². The molecule has 2 aromatic heterocycles. The number of carbonyl (C=O) groups excluding carboxylic acids is 1. The maximum atomic E-state index is 13.9. The number of hydrogen-bond acceptors (Lipinski definition) is 5. The third-order valence-electron chi connectivity index (χ3n) is 6.99. The Balaban J connectivity index is 1.70. The van der Waals surface area contributed by atoms with Gasteiger partial charge in [0.2, 0.25) is 0 Å². The summed E-state index contributed by atoms with van der Waals surface area (Å²) in [4.78, 5) is 20.8. The van der Waals surface area contributed by atoms with Gasteiger partial charge in [-0.2, -0.15) is 5.10 Å². The summed E-state index contributed by atoms with van der Waals surface area (Å²) >= 11 is 0. The molecule has 0 unspecified atom stereocenters. The second kappa shape index (κ2) is 8.82. The fourth-order valence-electron chi connectivity index (χ4n) is 5.29. The van der Waals surface area contributed by atoms with Gasteiger partial charge in [-0.15, -0.1) is 0 Å². The van der Waals surface area contributed by atoms with Gasteiger partial charge in [0.1, 0.15) is 11.4 Å². The van der Waals surface area contributed by atoms with Gasteiger partial charge in [0.05, 0.1) is 37.2 Å². The van der Waals surface area contributed by atoms with Crippen LogP contribution in [0.15, 0.2) is 24.4 Å². The molecular formula is C27H35N5O3. The van der Waals surface area contributed by atoms with Gasteiger partial charge >= 0.3 is 0 Å². The lowest BCUT2D eigenvalue weighted by Gasteiger charge is -2.41. The van der Waals surface area contributed by atoms with Crippen LogP contribution in [-0.2, 0) is 31.0 Å². The average Bonchev–Trinajstić information content (AvgIpc) is 3.41. The Bertz CT molecular complexity index is 1270. The van der Waals surface area contributed by atoms with Crippen molar-refractivity contribution in [1.29, 1.82) is 0 Å². The minimum atomic E-state index is -0.388. The van der Waals surface area contributed by atoms with Gasteiger partial charge in [0.25, 0.3) is 5.91 Å². The lowest BCUT2D eigenvalue weighted by Crippen LogP contribution is -2.55. The number of morpholine rings is 1. The number of amides is 1. The minimum absolute atomic E-state index is 0.0383. The predicted octanol–water partition coefficient (Wildman–Crippen LogP) is 3.83. The lowest BCUT2D eigenvalue weighted by atomic mass is 9.94. The Hall–Kier alpha value is -3.13. The third kappa shape index (κ3) is 4.14. The number of methoxy groups -OCH3 is 1. The first-order chi connectivity index (χ1) is 16.7. The van der Waals surface area contributed by atoms with E-state index in [0.29, 0.717) is 37.2 Å². The van der Waals surface area contributed by atoms with Crippen LogP contribution in [0, 0.1) is 5.92 Å². The molecule has 186 valence electrons. The monoisotopic (exact) mass is 477 g/mol. The van der Waals surface area contributed by atoms with Crippen molar-refractivity contribution >= 4 is 5.91 Å². The molecule has 8 nitrogen and oxygen atoms in total. The quantitative estimate of drug-likeness (QED) is 0.558. The fraction of sp³-hybridized carbons (Fsp3) is 0.519. The Kier molecular flexibility index (Phi) is 5.95. The van der Waals surface area contributed by atoms with Crippen LogP contribution in [-0.4, -0.2) is 62.5 Å². The number of carbonyl (C=O) groups is 1. The summed E-state index contributed by atoms with van der Waals surface area (Å²) in [7, 11) is 3.63. The Morgan fingerprint density at radius 3 is 2.71 bits per heavy atom. The van der Waals surface area contributed by atoms with Crippen molar-refractivity contribution in [2.75, 3.05) is 26.9 Å². The normalized spacial score (nSPS) is 16.8. The number of benzene rings is 1. The average molecular weight is 478 g/mol. The van der Waals surface area contributed by atoms with E-state index in [1.165, 1.54) is 5.56 Å². The van der Waals surface area contributed by atoms with Crippen LogP contribution in [0.1, 0.15) is 55.0 Å². The number of fused-ring (bicyclic) bond motifs is 3. The molecule has 1 aromatic carbocycles. The summed E-state index contributed by atoms with van der Waals surface area (Å²) in [5, 5.41) is 4.64. The molecule has 1 fully saturated rings. The molecule has 0 aliphatic carbocycles. The summed E-state index contributed by atoms with van der Waals surface area (Å²) in [6.07, 6.45) is 4.37. The van der Waals surface area contributed by atoms with Gasteiger partial charge in [0.15, 0.2) is 11.5 Å². The zero-order chi connectivity index (χ0) is 24.9. The number of imidazole rings is 1. The first-order valence-electron chi connectivity index (χ1n) is 12.4. The van der Waals surface area contributed by atoms with Gasteiger partial charge in [-0.1, -0.05) is 13.8 Å². The van der Waals surface area contributed by atoms with Gasteiger partial charge in [-0.25, -0.2) is 4.98 Å². The molecule has 1 saturated heterocycles. The van der Waals surface area contributed by atoms with E-state index in [-0.39, 0.29) is 11.4 Å². The molecular weight excluding hydrogens is 442 g/mol. The first-order valence-corrected chi connectivity index (χ1v) is 12.4. The van der Waals surface area contributed by atoms with E-state index in [2.05, 4.69) is 35.6 Å². The number of aromatic nitrogens is 4. The molecule has 35 heavy (non-hydrogen) atoms. The Morgan fingerprint density at radius 2 is 2.06 bits per heavy atom. The van der Waals surface area contributed by atoms with Gasteiger partial charge in [-0.3, -0.25) is 14.0 Å². The minimum Gasteiger partial charge on any atom is -0.496 e. The molecule has 2 aliphatic rings. The van der Waals surface area contributed by atoms with Crippen LogP contribution in [0.25, 0.3) is 17.2 Å². The molecule has 0 saturated carbocycles. The van der Waals surface area contributed by atoms with E-state index in [0.717, 1.165) is 47.7 Å². The van der Waals surface area contributed by atoms with Crippen LogP contribution in [0.4, 0.5) is 0 Å². The summed E-state index contributed by atoms with van der Waals surface area (Å²) in [6, 6.07) is 6.33. The highest BCUT2D eigenvalue weighted by Gasteiger charge is 2.38. The van der Waals surface area contributed by atoms with Crippen LogP contribution >= 0.6 is 0 Å². The molecule has 1 amide bonds. The Morgan fingerprint density at radius 1 is 1.26 bits per heavy atom. The third-order valence-corrected chi connectivity index (χ3v) is 6.99. The summed E-state index contributed by atoms with van der Waals surface area (Å²) in [6.45, 7) is 10.1. The van der Waals surface area contributed by atoms with Crippen molar-refractivity contribution in [3.05, 3.63) is 46.9 Å². The van der Waals surface area contributed by atoms with E-state index >= 15 is 0 Å². The van der Waals surface area contributed by atoms with Crippen molar-refractivity contribution in [2.45, 2.75) is 52.5 Å². The van der Waals surface area contributed by atoms with Gasteiger partial charge < -0.3 is 14.4 Å². The number of nitrogens with zero attached hydrogens (tertiary/aromatic N) is 5. The summed E-state index contributed by atoms with van der Waals surface area (Å²) in [5.41, 5.74) is 5.26. The van der Waals surface area contributed by atoms with E-state index < -0.39 is 0 Å². The second-order valence-corrected chi connectivity index (χ2v) is 10.7. The van der Waals surface area contributed by atoms with Crippen LogP contribution in [0.3, 0.4) is 0 Å². The van der Waals surface area contributed by atoms with Gasteiger partial charge in [-0.05, 0) is 68.4 Å². The second-order valence-electron chi connectivity index (χ2n) is 10.7. The number of hydrogen-bond donors (Lipinski definition) is 0. The molecule has 8 heteroatoms.